The Bertz CT molecular complexity index is 1590. The Morgan fingerprint density at radius 2 is 1.87 bits per heavy atom. The third kappa shape index (κ3) is 7.70. The van der Waals surface area contributed by atoms with Crippen LogP contribution in [0.25, 0.3) is 22.4 Å². The third-order valence-corrected chi connectivity index (χ3v) is 10.3. The largest absolute Gasteiger partial charge is 0.465 e. The summed E-state index contributed by atoms with van der Waals surface area (Å²) in [4.78, 5) is 37.4. The molecule has 5 rings (SSSR count). The van der Waals surface area contributed by atoms with Crippen LogP contribution in [0.5, 0.6) is 0 Å². The number of aromatic nitrogens is 4. The maximum atomic E-state index is 12.5. The molecule has 2 N–H and O–H groups in total. The fourth-order valence-corrected chi connectivity index (χ4v) is 6.63. The monoisotopic (exact) mass is 657 g/mol. The molecule has 0 atom stereocenters. The number of fused-ring (bicyclic) bond motifs is 2. The highest BCUT2D eigenvalue weighted by molar-refractivity contribution is 6.76. The van der Waals surface area contributed by atoms with Crippen LogP contribution in [-0.2, 0) is 29.3 Å². The molecule has 45 heavy (non-hydrogen) atoms. The lowest BCUT2D eigenvalue weighted by molar-refractivity contribution is 0.0448. The Morgan fingerprint density at radius 1 is 1.16 bits per heavy atom. The van der Waals surface area contributed by atoms with E-state index in [1.54, 1.807) is 10.9 Å². The Balaban J connectivity index is 1.41. The number of nitrogens with zero attached hydrogens (tertiary/aromatic N) is 6. The van der Waals surface area contributed by atoms with Crippen LogP contribution < -0.4 is 10.2 Å². The van der Waals surface area contributed by atoms with E-state index in [0.717, 1.165) is 17.2 Å². The molecule has 0 saturated carbocycles. The van der Waals surface area contributed by atoms with Crippen molar-refractivity contribution in [2.45, 2.75) is 97.2 Å². The number of carbonyl (C=O) groups excluding carboxylic acids is 1. The highest BCUT2D eigenvalue weighted by atomic mass is 35.5. The molecule has 1 fully saturated rings. The molecule has 0 spiro atoms. The fourth-order valence-electron chi connectivity index (χ4n) is 5.54. The lowest BCUT2D eigenvalue weighted by atomic mass is 9.90. The molecule has 14 heteroatoms. The lowest BCUT2D eigenvalue weighted by Gasteiger charge is -2.40. The van der Waals surface area contributed by atoms with Crippen LogP contribution in [0, 0.1) is 0 Å². The minimum atomic E-state index is -1.28. The van der Waals surface area contributed by atoms with Gasteiger partial charge in [0.2, 0.25) is 0 Å². The van der Waals surface area contributed by atoms with Gasteiger partial charge in [0.15, 0.2) is 5.65 Å². The molecule has 0 bridgehead atoms. The first kappa shape index (κ1) is 33.0. The predicted molar refractivity (Wildman–Crippen MR) is 176 cm³/mol. The average molecular weight is 658 g/mol. The molecule has 0 radical (unpaired) electrons. The number of nitrogens with one attached hydrogen (secondary N) is 1. The van der Waals surface area contributed by atoms with Gasteiger partial charge < -0.3 is 24.8 Å². The zero-order valence-corrected chi connectivity index (χ0v) is 29.0. The van der Waals surface area contributed by atoms with Crippen LogP contribution in [0.4, 0.5) is 15.4 Å². The maximum absolute atomic E-state index is 12.5. The molecule has 3 aromatic rings. The van der Waals surface area contributed by atoms with E-state index < -0.39 is 31.4 Å². The third-order valence-electron chi connectivity index (χ3n) is 8.21. The maximum Gasteiger partial charge on any atom is 0.408 e. The van der Waals surface area contributed by atoms with Gasteiger partial charge in [0.25, 0.3) is 0 Å². The van der Waals surface area contributed by atoms with Crippen LogP contribution in [0.3, 0.4) is 0 Å². The highest BCUT2D eigenvalue weighted by Crippen LogP contribution is 2.39. The summed E-state index contributed by atoms with van der Waals surface area (Å²) in [5.74, 6) is 0.716. The number of halogens is 1. The van der Waals surface area contributed by atoms with Crippen LogP contribution >= 0.6 is 11.6 Å². The van der Waals surface area contributed by atoms with Crippen LogP contribution in [0.1, 0.15) is 51.7 Å². The number of carboxylic acid groups (broad SMARTS) is 1. The summed E-state index contributed by atoms with van der Waals surface area (Å²) < 4.78 is 13.3. The van der Waals surface area contributed by atoms with Gasteiger partial charge in [-0.05, 0) is 57.7 Å². The number of amides is 2. The van der Waals surface area contributed by atoms with Crippen molar-refractivity contribution in [3.05, 3.63) is 34.5 Å². The van der Waals surface area contributed by atoms with Gasteiger partial charge in [-0.1, -0.05) is 43.4 Å². The number of anilines is 1. The average Bonchev–Trinajstić information content (AvgIpc) is 3.52. The number of ether oxygens (including phenoxy) is 2. The van der Waals surface area contributed by atoms with Gasteiger partial charge in [0.05, 0.1) is 17.8 Å². The molecule has 4 heterocycles. The Labute approximate surface area is 270 Å². The topological polar surface area (TPSA) is 135 Å². The number of hydrogen-bond acceptors (Lipinski definition) is 8. The van der Waals surface area contributed by atoms with E-state index in [1.807, 2.05) is 39.8 Å². The number of hydrogen-bond donors (Lipinski definition) is 2. The number of carbonyl (C=O) groups is 2. The van der Waals surface area contributed by atoms with Crippen molar-refractivity contribution in [1.82, 2.24) is 30.0 Å². The van der Waals surface area contributed by atoms with E-state index in [9.17, 15) is 14.7 Å². The number of piperidine rings is 1. The zero-order valence-electron chi connectivity index (χ0n) is 27.2. The SMILES string of the molecule is CC1(NC(=O)OC(C)(C)C)CCN(c2cnc3c(-c4ccc5c(c4Cl)CN(C(=O)O)C5)nn(COCC[Si](C)(C)C)c3n2)CC1. The molecule has 2 aromatic heterocycles. The van der Waals surface area contributed by atoms with Crippen molar-refractivity contribution >= 4 is 48.8 Å². The summed E-state index contributed by atoms with van der Waals surface area (Å²) >= 11 is 6.91. The van der Waals surface area contributed by atoms with Crippen molar-refractivity contribution in [3.8, 4) is 11.3 Å². The summed E-state index contributed by atoms with van der Waals surface area (Å²) in [6.07, 6.45) is 1.79. The first-order chi connectivity index (χ1) is 21.0. The van der Waals surface area contributed by atoms with Gasteiger partial charge in [0.1, 0.15) is 29.4 Å². The van der Waals surface area contributed by atoms with Gasteiger partial charge in [-0.3, -0.25) is 4.90 Å². The minimum Gasteiger partial charge on any atom is -0.465 e. The summed E-state index contributed by atoms with van der Waals surface area (Å²) in [6.45, 7) is 17.2. The van der Waals surface area contributed by atoms with Gasteiger partial charge in [-0.25, -0.2) is 24.2 Å². The van der Waals surface area contributed by atoms with Gasteiger partial charge in [-0.2, -0.15) is 5.10 Å². The molecule has 1 aromatic carbocycles. The normalized spacial score (nSPS) is 16.6. The van der Waals surface area contributed by atoms with Crippen LogP contribution in [-0.4, -0.2) is 80.9 Å². The molecule has 0 aliphatic carbocycles. The summed E-state index contributed by atoms with van der Waals surface area (Å²) in [5, 5.41) is 17.9. The van der Waals surface area contributed by atoms with Gasteiger partial charge >= 0.3 is 12.2 Å². The van der Waals surface area contributed by atoms with E-state index in [2.05, 4.69) is 29.9 Å². The molecular formula is C31H44ClN7O5Si. The van der Waals surface area contributed by atoms with E-state index in [-0.39, 0.29) is 13.3 Å². The second-order valence-corrected chi connectivity index (χ2v) is 20.5. The van der Waals surface area contributed by atoms with E-state index in [0.29, 0.717) is 72.3 Å². The summed E-state index contributed by atoms with van der Waals surface area (Å²) in [5.41, 5.74) is 3.15. The van der Waals surface area contributed by atoms with Crippen LogP contribution in [0.15, 0.2) is 18.3 Å². The molecule has 2 aliphatic rings. The number of alkyl carbamates (subject to hydrolysis) is 1. The molecule has 12 nitrogen and oxygen atoms in total. The lowest BCUT2D eigenvalue weighted by Crippen LogP contribution is -2.54. The zero-order chi connectivity index (χ0) is 32.7. The quantitative estimate of drug-likeness (QED) is 0.210. The Hall–Kier alpha value is -3.42. The predicted octanol–water partition coefficient (Wildman–Crippen LogP) is 6.34. The van der Waals surface area contributed by atoms with Gasteiger partial charge in [-0.15, -0.1) is 0 Å². The van der Waals surface area contributed by atoms with Gasteiger partial charge in [0, 0.05) is 45.4 Å². The van der Waals surface area contributed by atoms with E-state index in [4.69, 9.17) is 36.1 Å². The van der Waals surface area contributed by atoms with E-state index >= 15 is 0 Å². The summed E-state index contributed by atoms with van der Waals surface area (Å²) in [6, 6.07) is 4.81. The highest BCUT2D eigenvalue weighted by Gasteiger charge is 2.34. The fraction of sp³-hybridized carbons (Fsp3) is 0.581. The summed E-state index contributed by atoms with van der Waals surface area (Å²) in [7, 11) is -1.28. The standard InChI is InChI=1S/C31H44ClN7O5Si/c1-30(2,3)44-28(40)35-31(4)10-12-37(13-11-31)23-16-33-26-25(36-39(27(26)34-23)19-43-14-15-45(5,6)7)21-9-8-20-17-38(29(41)42)18-22(20)24(21)32/h8-9,16H,10-15,17-19H2,1-7H3,(H,35,40)(H,41,42). The Morgan fingerprint density at radius 3 is 2.51 bits per heavy atom. The van der Waals surface area contributed by atoms with Crippen molar-refractivity contribution in [1.29, 1.82) is 0 Å². The van der Waals surface area contributed by atoms with Crippen molar-refractivity contribution in [2.24, 2.45) is 0 Å². The first-order valence-corrected chi connectivity index (χ1v) is 19.5. The van der Waals surface area contributed by atoms with E-state index in [1.165, 1.54) is 4.90 Å². The number of rotatable bonds is 8. The molecular weight excluding hydrogens is 614 g/mol. The van der Waals surface area contributed by atoms with Crippen molar-refractivity contribution < 1.29 is 24.2 Å². The Kier molecular flexibility index (Phi) is 9.08. The second-order valence-electron chi connectivity index (χ2n) is 14.5. The molecule has 0 unspecified atom stereocenters. The minimum absolute atomic E-state index is 0.215. The second kappa shape index (κ2) is 12.4. The van der Waals surface area contributed by atoms with Crippen molar-refractivity contribution in [3.63, 3.8) is 0 Å². The molecule has 244 valence electrons. The smallest absolute Gasteiger partial charge is 0.408 e. The van der Waals surface area contributed by atoms with Crippen molar-refractivity contribution in [2.75, 3.05) is 24.6 Å². The molecule has 2 amide bonds. The molecule has 2 aliphatic heterocycles. The molecule has 1 saturated heterocycles. The first-order valence-electron chi connectivity index (χ1n) is 15.4. The van der Waals surface area contributed by atoms with Crippen LogP contribution in [0.2, 0.25) is 30.7 Å². The number of benzene rings is 1.